The van der Waals surface area contributed by atoms with Crippen molar-refractivity contribution in [1.29, 1.82) is 0 Å². The zero-order valence-corrected chi connectivity index (χ0v) is 18.0. The Hall–Kier alpha value is -3.60. The van der Waals surface area contributed by atoms with Gasteiger partial charge in [0.1, 0.15) is 11.3 Å². The molecule has 158 valence electrons. The molecule has 1 heterocycles. The van der Waals surface area contributed by atoms with Crippen molar-refractivity contribution in [3.8, 4) is 5.75 Å². The van der Waals surface area contributed by atoms with Crippen LogP contribution in [0.3, 0.4) is 0 Å². The molecule has 0 unspecified atom stereocenters. The minimum absolute atomic E-state index is 0.180. The maximum absolute atomic E-state index is 13.5. The van der Waals surface area contributed by atoms with Gasteiger partial charge in [-0.25, -0.2) is 0 Å². The highest BCUT2D eigenvalue weighted by atomic mass is 16.5. The SMILES string of the molecule is COc1ccc(N2C(=O)c3ccccc3C[C@]2(C)C(=O)NCc2ccccc2C)cc1. The predicted molar refractivity (Wildman–Crippen MR) is 121 cm³/mol. The van der Waals surface area contributed by atoms with Gasteiger partial charge in [0, 0.05) is 24.2 Å². The molecule has 5 heteroatoms. The van der Waals surface area contributed by atoms with Crippen LogP contribution in [-0.4, -0.2) is 24.5 Å². The number of methoxy groups -OCH3 is 1. The molecule has 31 heavy (non-hydrogen) atoms. The van der Waals surface area contributed by atoms with Gasteiger partial charge in [0.05, 0.1) is 7.11 Å². The molecule has 0 fully saturated rings. The number of hydrogen-bond donors (Lipinski definition) is 1. The van der Waals surface area contributed by atoms with Crippen LogP contribution in [0.1, 0.15) is 34.0 Å². The zero-order chi connectivity index (χ0) is 22.0. The van der Waals surface area contributed by atoms with E-state index in [2.05, 4.69) is 5.32 Å². The largest absolute Gasteiger partial charge is 0.497 e. The van der Waals surface area contributed by atoms with Crippen LogP contribution in [0.4, 0.5) is 5.69 Å². The molecule has 1 aliphatic heterocycles. The van der Waals surface area contributed by atoms with E-state index in [1.165, 1.54) is 0 Å². The zero-order valence-electron chi connectivity index (χ0n) is 18.0. The van der Waals surface area contributed by atoms with Crippen LogP contribution >= 0.6 is 0 Å². The van der Waals surface area contributed by atoms with Crippen LogP contribution in [0, 0.1) is 6.92 Å². The number of benzene rings is 3. The van der Waals surface area contributed by atoms with Gasteiger partial charge in [0.25, 0.3) is 5.91 Å². The van der Waals surface area contributed by atoms with Crippen LogP contribution in [-0.2, 0) is 17.8 Å². The Morgan fingerprint density at radius 2 is 1.71 bits per heavy atom. The maximum Gasteiger partial charge on any atom is 0.259 e. The molecule has 1 aliphatic rings. The first-order valence-corrected chi connectivity index (χ1v) is 10.3. The summed E-state index contributed by atoms with van der Waals surface area (Å²) in [5.41, 5.74) is 3.27. The number of ether oxygens (including phenoxy) is 1. The first-order chi connectivity index (χ1) is 14.9. The van der Waals surface area contributed by atoms with Gasteiger partial charge < -0.3 is 10.1 Å². The Labute approximate surface area is 182 Å². The normalized spacial score (nSPS) is 17.8. The third-order valence-corrected chi connectivity index (χ3v) is 6.00. The number of anilines is 1. The number of rotatable bonds is 5. The number of hydrogen-bond acceptors (Lipinski definition) is 3. The van der Waals surface area contributed by atoms with E-state index in [0.29, 0.717) is 30.0 Å². The summed E-state index contributed by atoms with van der Waals surface area (Å²) in [7, 11) is 1.60. The topological polar surface area (TPSA) is 58.6 Å². The molecule has 3 aromatic rings. The van der Waals surface area contributed by atoms with Crippen molar-refractivity contribution in [3.63, 3.8) is 0 Å². The number of carbonyl (C=O) groups excluding carboxylic acids is 2. The van der Waals surface area contributed by atoms with Crippen molar-refractivity contribution in [2.24, 2.45) is 0 Å². The average Bonchev–Trinajstić information content (AvgIpc) is 2.79. The molecule has 0 spiro atoms. The highest BCUT2D eigenvalue weighted by Gasteiger charge is 2.47. The van der Waals surface area contributed by atoms with Gasteiger partial charge in [0.2, 0.25) is 5.91 Å². The molecule has 0 radical (unpaired) electrons. The van der Waals surface area contributed by atoms with Crippen molar-refractivity contribution in [2.45, 2.75) is 32.4 Å². The van der Waals surface area contributed by atoms with Gasteiger partial charge in [-0.1, -0.05) is 42.5 Å². The van der Waals surface area contributed by atoms with E-state index in [9.17, 15) is 9.59 Å². The first-order valence-electron chi connectivity index (χ1n) is 10.3. The lowest BCUT2D eigenvalue weighted by Crippen LogP contribution is -2.63. The van der Waals surface area contributed by atoms with Crippen molar-refractivity contribution in [3.05, 3.63) is 95.1 Å². The Morgan fingerprint density at radius 3 is 2.42 bits per heavy atom. The summed E-state index contributed by atoms with van der Waals surface area (Å²) in [6, 6.07) is 22.7. The molecule has 0 aromatic heterocycles. The van der Waals surface area contributed by atoms with Gasteiger partial charge in [-0.05, 0) is 60.9 Å². The minimum atomic E-state index is -1.07. The van der Waals surface area contributed by atoms with Gasteiger partial charge in [-0.15, -0.1) is 0 Å². The van der Waals surface area contributed by atoms with Crippen LogP contribution in [0.25, 0.3) is 0 Å². The Morgan fingerprint density at radius 1 is 1.03 bits per heavy atom. The van der Waals surface area contributed by atoms with Gasteiger partial charge in [-0.2, -0.15) is 0 Å². The molecule has 4 rings (SSSR count). The summed E-state index contributed by atoms with van der Waals surface area (Å²) in [5.74, 6) is 0.328. The van der Waals surface area contributed by atoms with E-state index in [1.807, 2.05) is 74.5 Å². The van der Waals surface area contributed by atoms with Crippen molar-refractivity contribution in [2.75, 3.05) is 12.0 Å². The molecular weight excluding hydrogens is 388 g/mol. The monoisotopic (exact) mass is 414 g/mol. The molecule has 0 saturated heterocycles. The Bertz CT molecular complexity index is 1120. The van der Waals surface area contributed by atoms with Crippen molar-refractivity contribution in [1.82, 2.24) is 5.32 Å². The lowest BCUT2D eigenvalue weighted by molar-refractivity contribution is -0.126. The molecule has 0 saturated carbocycles. The number of fused-ring (bicyclic) bond motifs is 1. The predicted octanol–water partition coefficient (Wildman–Crippen LogP) is 4.28. The van der Waals surface area contributed by atoms with Gasteiger partial charge >= 0.3 is 0 Å². The van der Waals surface area contributed by atoms with E-state index in [-0.39, 0.29) is 11.8 Å². The number of amides is 2. The lowest BCUT2D eigenvalue weighted by Gasteiger charge is -2.44. The quantitative estimate of drug-likeness (QED) is 0.678. The molecule has 5 nitrogen and oxygen atoms in total. The average molecular weight is 415 g/mol. The summed E-state index contributed by atoms with van der Waals surface area (Å²) in [5, 5.41) is 3.07. The van der Waals surface area contributed by atoms with E-state index >= 15 is 0 Å². The van der Waals surface area contributed by atoms with Crippen LogP contribution in [0.2, 0.25) is 0 Å². The molecule has 1 atom stereocenters. The number of carbonyl (C=O) groups is 2. The summed E-state index contributed by atoms with van der Waals surface area (Å²) in [6.07, 6.45) is 0.431. The Balaban J connectivity index is 1.71. The third kappa shape index (κ3) is 3.79. The van der Waals surface area contributed by atoms with Crippen LogP contribution in [0.15, 0.2) is 72.8 Å². The number of aryl methyl sites for hydroxylation is 1. The third-order valence-electron chi connectivity index (χ3n) is 6.00. The fourth-order valence-electron chi connectivity index (χ4n) is 4.17. The molecule has 1 N–H and O–H groups in total. The number of nitrogens with one attached hydrogen (secondary N) is 1. The fraction of sp³-hybridized carbons (Fsp3) is 0.231. The van der Waals surface area contributed by atoms with E-state index in [0.717, 1.165) is 16.7 Å². The van der Waals surface area contributed by atoms with Gasteiger partial charge in [0.15, 0.2) is 0 Å². The summed E-state index contributed by atoms with van der Waals surface area (Å²) in [4.78, 5) is 28.7. The van der Waals surface area contributed by atoms with E-state index in [4.69, 9.17) is 4.74 Å². The molecular formula is C26H26N2O3. The fourth-order valence-corrected chi connectivity index (χ4v) is 4.17. The standard InChI is InChI=1S/C26H26N2O3/c1-18-8-4-5-10-20(18)17-27-25(30)26(2)16-19-9-6-7-11-23(19)24(29)28(26)21-12-14-22(31-3)15-13-21/h4-15H,16-17H2,1-3H3,(H,27,30)/t26-/m1/s1. The highest BCUT2D eigenvalue weighted by Crippen LogP contribution is 2.36. The van der Waals surface area contributed by atoms with Crippen LogP contribution in [0.5, 0.6) is 5.75 Å². The molecule has 0 aliphatic carbocycles. The van der Waals surface area contributed by atoms with Gasteiger partial charge in [-0.3, -0.25) is 14.5 Å². The van der Waals surface area contributed by atoms with E-state index in [1.54, 1.807) is 24.1 Å². The summed E-state index contributed by atoms with van der Waals surface area (Å²) < 4.78 is 5.26. The Kier molecular flexibility index (Phi) is 5.51. The highest BCUT2D eigenvalue weighted by molar-refractivity contribution is 6.14. The van der Waals surface area contributed by atoms with Crippen molar-refractivity contribution >= 4 is 17.5 Å². The molecule has 3 aromatic carbocycles. The summed E-state index contributed by atoms with van der Waals surface area (Å²) >= 11 is 0. The summed E-state index contributed by atoms with van der Waals surface area (Å²) in [6.45, 7) is 4.26. The second kappa shape index (κ2) is 8.26. The van der Waals surface area contributed by atoms with Crippen molar-refractivity contribution < 1.29 is 14.3 Å². The first kappa shape index (κ1) is 20.7. The molecule has 2 amide bonds. The van der Waals surface area contributed by atoms with E-state index < -0.39 is 5.54 Å². The maximum atomic E-state index is 13.5. The van der Waals surface area contributed by atoms with Crippen LogP contribution < -0.4 is 15.0 Å². The minimum Gasteiger partial charge on any atom is -0.497 e. The number of nitrogens with zero attached hydrogens (tertiary/aromatic N) is 1. The lowest BCUT2D eigenvalue weighted by atomic mass is 9.82. The smallest absolute Gasteiger partial charge is 0.259 e. The second-order valence-corrected chi connectivity index (χ2v) is 8.06. The molecule has 0 bridgehead atoms. The second-order valence-electron chi connectivity index (χ2n) is 8.06.